The van der Waals surface area contributed by atoms with Crippen molar-refractivity contribution in [3.05, 3.63) is 42.4 Å². The summed E-state index contributed by atoms with van der Waals surface area (Å²) in [6.45, 7) is 3.68. The minimum atomic E-state index is -0.730. The second-order valence-electron chi connectivity index (χ2n) is 4.21. The molecule has 7 heteroatoms. The van der Waals surface area contributed by atoms with Crippen molar-refractivity contribution < 1.29 is 19.1 Å². The third-order valence-corrected chi connectivity index (χ3v) is 2.78. The van der Waals surface area contributed by atoms with E-state index in [1.807, 2.05) is 12.1 Å². The summed E-state index contributed by atoms with van der Waals surface area (Å²) in [5.74, 6) is -0.807. The number of ether oxygens (including phenoxy) is 2. The van der Waals surface area contributed by atoms with E-state index in [1.165, 1.54) is 6.20 Å². The van der Waals surface area contributed by atoms with Crippen LogP contribution in [-0.2, 0) is 19.1 Å². The zero-order valence-corrected chi connectivity index (χ0v) is 12.4. The van der Waals surface area contributed by atoms with Crippen LogP contribution in [-0.4, -0.2) is 34.5 Å². The van der Waals surface area contributed by atoms with Gasteiger partial charge in [-0.15, -0.1) is 0 Å². The first-order valence-electron chi connectivity index (χ1n) is 6.90. The number of imidazole rings is 1. The average Bonchev–Trinajstić information content (AvgIpc) is 2.97. The molecule has 1 N–H and O–H groups in total. The smallest absolute Gasteiger partial charge is 0.347 e. The Kier molecular flexibility index (Phi) is 5.13. The summed E-state index contributed by atoms with van der Waals surface area (Å²) in [5.41, 5.74) is 0.549. The van der Waals surface area contributed by atoms with Crippen LogP contribution in [0.5, 0.6) is 0 Å². The van der Waals surface area contributed by atoms with E-state index < -0.39 is 11.9 Å². The van der Waals surface area contributed by atoms with E-state index in [9.17, 15) is 9.59 Å². The second kappa shape index (κ2) is 7.26. The van der Waals surface area contributed by atoms with E-state index >= 15 is 0 Å². The number of rotatable bonds is 6. The van der Waals surface area contributed by atoms with Gasteiger partial charge in [0.1, 0.15) is 11.5 Å². The molecule has 0 amide bonds. The van der Waals surface area contributed by atoms with Crippen LogP contribution in [0.15, 0.2) is 42.4 Å². The van der Waals surface area contributed by atoms with Crippen molar-refractivity contribution in [3.63, 3.8) is 0 Å². The van der Waals surface area contributed by atoms with Crippen molar-refractivity contribution >= 4 is 23.4 Å². The zero-order valence-electron chi connectivity index (χ0n) is 12.4. The number of anilines is 1. The number of hydrogen-bond donors (Lipinski definition) is 1. The Morgan fingerprint density at radius 3 is 2.55 bits per heavy atom. The molecule has 2 aromatic heterocycles. The van der Waals surface area contributed by atoms with Crippen LogP contribution in [0.25, 0.3) is 5.65 Å². The summed E-state index contributed by atoms with van der Waals surface area (Å²) >= 11 is 0. The summed E-state index contributed by atoms with van der Waals surface area (Å²) < 4.78 is 11.5. The molecule has 0 bridgehead atoms. The van der Waals surface area contributed by atoms with Gasteiger partial charge in [0.15, 0.2) is 5.57 Å². The van der Waals surface area contributed by atoms with E-state index in [0.717, 1.165) is 5.65 Å². The van der Waals surface area contributed by atoms with Gasteiger partial charge in [-0.05, 0) is 26.0 Å². The Morgan fingerprint density at radius 1 is 1.23 bits per heavy atom. The largest absolute Gasteiger partial charge is 0.462 e. The fourth-order valence-corrected chi connectivity index (χ4v) is 1.83. The molecule has 0 saturated heterocycles. The van der Waals surface area contributed by atoms with Crippen LogP contribution in [0.3, 0.4) is 0 Å². The van der Waals surface area contributed by atoms with Gasteiger partial charge in [0.05, 0.1) is 13.2 Å². The highest BCUT2D eigenvalue weighted by Crippen LogP contribution is 2.12. The second-order valence-corrected chi connectivity index (χ2v) is 4.21. The summed E-state index contributed by atoms with van der Waals surface area (Å²) in [5, 5.41) is 2.91. The molecule has 2 aromatic rings. The summed E-state index contributed by atoms with van der Waals surface area (Å²) in [7, 11) is 0. The Balaban J connectivity index is 2.27. The molecular weight excluding hydrogens is 286 g/mol. The normalized spacial score (nSPS) is 10.1. The van der Waals surface area contributed by atoms with Gasteiger partial charge in [-0.1, -0.05) is 6.07 Å². The lowest BCUT2D eigenvalue weighted by atomic mass is 10.3. The van der Waals surface area contributed by atoms with E-state index in [4.69, 9.17) is 9.47 Å². The first-order chi connectivity index (χ1) is 10.7. The van der Waals surface area contributed by atoms with Crippen molar-refractivity contribution in [1.82, 2.24) is 9.38 Å². The van der Waals surface area contributed by atoms with Gasteiger partial charge >= 0.3 is 11.9 Å². The maximum Gasteiger partial charge on any atom is 0.347 e. The number of nitrogens with one attached hydrogen (secondary N) is 1. The highest BCUT2D eigenvalue weighted by atomic mass is 16.6. The number of pyridine rings is 1. The molecule has 0 spiro atoms. The lowest BCUT2D eigenvalue weighted by Crippen LogP contribution is -2.19. The average molecular weight is 303 g/mol. The van der Waals surface area contributed by atoms with E-state index in [0.29, 0.717) is 5.82 Å². The number of esters is 2. The first kappa shape index (κ1) is 15.6. The number of carbonyl (C=O) groups is 2. The zero-order chi connectivity index (χ0) is 15.9. The topological polar surface area (TPSA) is 81.9 Å². The van der Waals surface area contributed by atoms with Crippen molar-refractivity contribution in [2.45, 2.75) is 13.8 Å². The Morgan fingerprint density at radius 2 is 1.91 bits per heavy atom. The Bertz CT molecular complexity index is 686. The molecule has 2 rings (SSSR count). The Hall–Kier alpha value is -2.83. The van der Waals surface area contributed by atoms with Gasteiger partial charge in [-0.25, -0.2) is 14.6 Å². The molecule has 0 aromatic carbocycles. The van der Waals surface area contributed by atoms with Crippen molar-refractivity contribution in [2.24, 2.45) is 0 Å². The molecule has 0 radical (unpaired) electrons. The Labute approximate surface area is 127 Å². The number of aromatic nitrogens is 2. The molecule has 0 aliphatic carbocycles. The molecule has 0 atom stereocenters. The molecule has 0 aliphatic heterocycles. The third kappa shape index (κ3) is 3.43. The standard InChI is InChI=1S/C15H17N3O4/c1-3-21-14(19)11(15(20)22-4-2)10-17-13-7-5-6-12-16-8-9-18(12)13/h5-10,17H,3-4H2,1-2H3. The maximum atomic E-state index is 11.8. The summed E-state index contributed by atoms with van der Waals surface area (Å²) in [6, 6.07) is 5.44. The van der Waals surface area contributed by atoms with E-state index in [1.54, 1.807) is 36.7 Å². The van der Waals surface area contributed by atoms with Gasteiger partial charge in [0.2, 0.25) is 0 Å². The van der Waals surface area contributed by atoms with Crippen molar-refractivity contribution in [1.29, 1.82) is 0 Å². The molecule has 7 nitrogen and oxygen atoms in total. The summed E-state index contributed by atoms with van der Waals surface area (Å²) in [4.78, 5) is 27.8. The van der Waals surface area contributed by atoms with Crippen molar-refractivity contribution in [2.75, 3.05) is 18.5 Å². The van der Waals surface area contributed by atoms with Gasteiger partial charge in [0.25, 0.3) is 0 Å². The third-order valence-electron chi connectivity index (χ3n) is 2.78. The predicted molar refractivity (Wildman–Crippen MR) is 80.2 cm³/mol. The lowest BCUT2D eigenvalue weighted by molar-refractivity contribution is -0.146. The molecule has 0 aliphatic rings. The van der Waals surface area contributed by atoms with E-state index in [-0.39, 0.29) is 18.8 Å². The molecule has 116 valence electrons. The first-order valence-corrected chi connectivity index (χ1v) is 6.90. The number of fused-ring (bicyclic) bond motifs is 1. The molecule has 0 unspecified atom stereocenters. The van der Waals surface area contributed by atoms with Crippen LogP contribution in [0.4, 0.5) is 5.82 Å². The highest BCUT2D eigenvalue weighted by Gasteiger charge is 2.21. The predicted octanol–water partition coefficient (Wildman–Crippen LogP) is 1.76. The molecule has 22 heavy (non-hydrogen) atoms. The van der Waals surface area contributed by atoms with Gasteiger partial charge in [-0.2, -0.15) is 0 Å². The fourth-order valence-electron chi connectivity index (χ4n) is 1.83. The van der Waals surface area contributed by atoms with Crippen LogP contribution in [0, 0.1) is 0 Å². The SMILES string of the molecule is CCOC(=O)C(=CNc1cccc2nccn12)C(=O)OCC. The minimum Gasteiger partial charge on any atom is -0.462 e. The quantitative estimate of drug-likeness (QED) is 0.379. The van der Waals surface area contributed by atoms with Crippen LogP contribution < -0.4 is 5.32 Å². The number of carbonyl (C=O) groups excluding carboxylic acids is 2. The number of hydrogen-bond acceptors (Lipinski definition) is 6. The highest BCUT2D eigenvalue weighted by molar-refractivity contribution is 6.14. The molecule has 2 heterocycles. The molecule has 0 saturated carbocycles. The van der Waals surface area contributed by atoms with E-state index in [2.05, 4.69) is 10.3 Å². The molecular formula is C15H17N3O4. The molecule has 0 fully saturated rings. The van der Waals surface area contributed by atoms with Gasteiger partial charge < -0.3 is 14.8 Å². The number of nitrogens with zero attached hydrogens (tertiary/aromatic N) is 2. The monoisotopic (exact) mass is 303 g/mol. The van der Waals surface area contributed by atoms with Crippen LogP contribution in [0.1, 0.15) is 13.8 Å². The van der Waals surface area contributed by atoms with Gasteiger partial charge in [0, 0.05) is 18.6 Å². The lowest BCUT2D eigenvalue weighted by Gasteiger charge is -2.08. The van der Waals surface area contributed by atoms with Crippen LogP contribution >= 0.6 is 0 Å². The summed E-state index contributed by atoms with van der Waals surface area (Å²) in [6.07, 6.45) is 4.70. The van der Waals surface area contributed by atoms with Crippen LogP contribution in [0.2, 0.25) is 0 Å². The fraction of sp³-hybridized carbons (Fsp3) is 0.267. The van der Waals surface area contributed by atoms with Crippen molar-refractivity contribution in [3.8, 4) is 0 Å². The minimum absolute atomic E-state index is 0.173. The maximum absolute atomic E-state index is 11.8. The van der Waals surface area contributed by atoms with Gasteiger partial charge in [-0.3, -0.25) is 4.40 Å².